The van der Waals surface area contributed by atoms with E-state index in [1.165, 1.54) is 31.4 Å². The first-order chi connectivity index (χ1) is 14.3. The van der Waals surface area contributed by atoms with Crippen LogP contribution < -0.4 is 16.0 Å². The van der Waals surface area contributed by atoms with Gasteiger partial charge in [-0.2, -0.15) is 5.10 Å². The molecule has 8 nitrogen and oxygen atoms in total. The van der Waals surface area contributed by atoms with E-state index < -0.39 is 11.7 Å². The fraction of sp³-hybridized carbons (Fsp3) is 0.250. The summed E-state index contributed by atoms with van der Waals surface area (Å²) in [4.78, 5) is 18.4. The number of anilines is 4. The molecule has 1 aromatic carbocycles. The van der Waals surface area contributed by atoms with Crippen molar-refractivity contribution in [1.82, 2.24) is 25.0 Å². The predicted octanol–water partition coefficient (Wildman–Crippen LogP) is 3.52. The minimum absolute atomic E-state index is 0.0321. The van der Waals surface area contributed by atoms with E-state index >= 15 is 0 Å². The van der Waals surface area contributed by atoms with E-state index in [9.17, 15) is 9.18 Å². The van der Waals surface area contributed by atoms with Gasteiger partial charge in [0.25, 0.3) is 5.91 Å². The van der Waals surface area contributed by atoms with Gasteiger partial charge < -0.3 is 20.9 Å². The number of hydrogen-bond donors (Lipinski definition) is 3. The molecular weight excluding hydrogens is 409 g/mol. The van der Waals surface area contributed by atoms with E-state index in [1.807, 2.05) is 32.1 Å². The SMILES string of the molecule is CNC(=O)c1cccc(F)c1Nc1cc(Nc2cc(CN(C)C)nn2C)ncc1Cl. The summed E-state index contributed by atoms with van der Waals surface area (Å²) in [5.74, 6) is 0.242. The Kier molecular flexibility index (Phi) is 6.53. The number of aromatic nitrogens is 3. The number of nitrogens with one attached hydrogen (secondary N) is 3. The lowest BCUT2D eigenvalue weighted by Crippen LogP contribution is -2.19. The van der Waals surface area contributed by atoms with Crippen molar-refractivity contribution in [3.63, 3.8) is 0 Å². The molecule has 2 aromatic heterocycles. The fourth-order valence-electron chi connectivity index (χ4n) is 2.89. The average Bonchev–Trinajstić information content (AvgIpc) is 3.03. The van der Waals surface area contributed by atoms with E-state index in [4.69, 9.17) is 11.6 Å². The molecule has 0 unspecified atom stereocenters. The van der Waals surface area contributed by atoms with Crippen LogP contribution in [0, 0.1) is 5.82 Å². The largest absolute Gasteiger partial charge is 0.355 e. The number of aryl methyl sites for hydroxylation is 1. The molecular formula is C20H23ClFN7O. The molecule has 1 amide bonds. The highest BCUT2D eigenvalue weighted by molar-refractivity contribution is 6.33. The quantitative estimate of drug-likeness (QED) is 0.530. The lowest BCUT2D eigenvalue weighted by Gasteiger charge is -2.14. The summed E-state index contributed by atoms with van der Waals surface area (Å²) in [7, 11) is 7.25. The molecule has 0 aliphatic heterocycles. The van der Waals surface area contributed by atoms with Crippen LogP contribution in [0.4, 0.5) is 27.4 Å². The van der Waals surface area contributed by atoms with Gasteiger partial charge in [0.05, 0.1) is 33.9 Å². The van der Waals surface area contributed by atoms with Gasteiger partial charge in [0.15, 0.2) is 0 Å². The first kappa shape index (κ1) is 21.5. The van der Waals surface area contributed by atoms with Gasteiger partial charge >= 0.3 is 0 Å². The molecule has 0 saturated heterocycles. The Morgan fingerprint density at radius 1 is 1.27 bits per heavy atom. The van der Waals surface area contributed by atoms with Gasteiger partial charge in [-0.25, -0.2) is 9.37 Å². The molecule has 3 aromatic rings. The van der Waals surface area contributed by atoms with E-state index in [2.05, 4.69) is 26.0 Å². The minimum Gasteiger partial charge on any atom is -0.355 e. The molecule has 0 aliphatic rings. The molecule has 0 radical (unpaired) electrons. The van der Waals surface area contributed by atoms with E-state index in [-0.39, 0.29) is 16.3 Å². The third kappa shape index (κ3) is 4.87. The van der Waals surface area contributed by atoms with Gasteiger partial charge in [-0.3, -0.25) is 9.48 Å². The smallest absolute Gasteiger partial charge is 0.253 e. The van der Waals surface area contributed by atoms with Crippen LogP contribution in [0.3, 0.4) is 0 Å². The third-order valence-corrected chi connectivity index (χ3v) is 4.57. The standard InChI is InChI=1S/C20H23ClFN7O/c1-23-20(30)13-6-5-7-15(22)19(13)25-16-9-17(24-10-14(16)21)26-18-8-12(11-28(2)3)27-29(18)4/h5-10H,11H2,1-4H3,(H,23,30)(H2,24,25,26). The van der Waals surface area contributed by atoms with Crippen LogP contribution in [-0.4, -0.2) is 46.7 Å². The summed E-state index contributed by atoms with van der Waals surface area (Å²) < 4.78 is 16.2. The lowest BCUT2D eigenvalue weighted by atomic mass is 10.1. The zero-order chi connectivity index (χ0) is 21.8. The zero-order valence-electron chi connectivity index (χ0n) is 17.1. The van der Waals surface area contributed by atoms with Crippen molar-refractivity contribution < 1.29 is 9.18 Å². The first-order valence-corrected chi connectivity index (χ1v) is 9.54. The fourth-order valence-corrected chi connectivity index (χ4v) is 3.04. The van der Waals surface area contributed by atoms with Crippen molar-refractivity contribution in [2.45, 2.75) is 6.54 Å². The number of carbonyl (C=O) groups excluding carboxylic acids is 1. The van der Waals surface area contributed by atoms with Gasteiger partial charge in [0, 0.05) is 32.8 Å². The van der Waals surface area contributed by atoms with E-state index in [0.29, 0.717) is 18.1 Å². The summed E-state index contributed by atoms with van der Waals surface area (Å²) in [5.41, 5.74) is 1.50. The second-order valence-corrected chi connectivity index (χ2v) is 7.33. The van der Waals surface area contributed by atoms with Gasteiger partial charge in [0.1, 0.15) is 17.5 Å². The summed E-state index contributed by atoms with van der Waals surface area (Å²) in [5, 5.41) is 13.3. The zero-order valence-corrected chi connectivity index (χ0v) is 17.9. The third-order valence-electron chi connectivity index (χ3n) is 4.27. The van der Waals surface area contributed by atoms with Crippen LogP contribution in [0.5, 0.6) is 0 Å². The number of carbonyl (C=O) groups is 1. The number of rotatable bonds is 7. The Morgan fingerprint density at radius 2 is 2.03 bits per heavy atom. The molecule has 0 bridgehead atoms. The number of halogens is 2. The van der Waals surface area contributed by atoms with E-state index in [1.54, 1.807) is 10.7 Å². The Labute approximate surface area is 179 Å². The van der Waals surface area contributed by atoms with Crippen molar-refractivity contribution >= 4 is 40.5 Å². The molecule has 3 rings (SSSR count). The molecule has 0 atom stereocenters. The maximum absolute atomic E-state index is 14.4. The van der Waals surface area contributed by atoms with Crippen LogP contribution >= 0.6 is 11.6 Å². The van der Waals surface area contributed by atoms with Crippen LogP contribution in [-0.2, 0) is 13.6 Å². The van der Waals surface area contributed by atoms with Crippen LogP contribution in [0.25, 0.3) is 0 Å². The highest BCUT2D eigenvalue weighted by atomic mass is 35.5. The van der Waals surface area contributed by atoms with Crippen molar-refractivity contribution in [3.8, 4) is 0 Å². The lowest BCUT2D eigenvalue weighted by molar-refractivity contribution is 0.0963. The second-order valence-electron chi connectivity index (χ2n) is 6.92. The number of hydrogen-bond acceptors (Lipinski definition) is 6. The number of benzene rings is 1. The summed E-state index contributed by atoms with van der Waals surface area (Å²) in [6, 6.07) is 7.83. The first-order valence-electron chi connectivity index (χ1n) is 9.16. The molecule has 3 N–H and O–H groups in total. The van der Waals surface area contributed by atoms with Crippen molar-refractivity contribution in [2.75, 3.05) is 31.8 Å². The molecule has 158 valence electrons. The van der Waals surface area contributed by atoms with Crippen LogP contribution in [0.2, 0.25) is 5.02 Å². The molecule has 0 saturated carbocycles. The Morgan fingerprint density at radius 3 is 2.73 bits per heavy atom. The highest BCUT2D eigenvalue weighted by Gasteiger charge is 2.16. The van der Waals surface area contributed by atoms with Gasteiger partial charge in [-0.15, -0.1) is 0 Å². The minimum atomic E-state index is -0.571. The summed E-state index contributed by atoms with van der Waals surface area (Å²) in [6.07, 6.45) is 1.45. The normalized spacial score (nSPS) is 10.9. The van der Waals surface area contributed by atoms with Crippen LogP contribution in [0.1, 0.15) is 16.1 Å². The molecule has 0 fully saturated rings. The Hall–Kier alpha value is -3.17. The molecule has 2 heterocycles. The van der Waals surface area contributed by atoms with Gasteiger partial charge in [-0.05, 0) is 26.2 Å². The second kappa shape index (κ2) is 9.10. The summed E-state index contributed by atoms with van der Waals surface area (Å²) in [6.45, 7) is 0.700. The average molecular weight is 432 g/mol. The van der Waals surface area contributed by atoms with Crippen molar-refractivity contribution in [3.05, 3.63) is 58.6 Å². The maximum atomic E-state index is 14.4. The number of nitrogens with zero attached hydrogens (tertiary/aromatic N) is 4. The number of pyridine rings is 1. The molecule has 30 heavy (non-hydrogen) atoms. The maximum Gasteiger partial charge on any atom is 0.253 e. The number of para-hydroxylation sites is 1. The Bertz CT molecular complexity index is 1070. The topological polar surface area (TPSA) is 87.1 Å². The number of amides is 1. The molecule has 0 spiro atoms. The van der Waals surface area contributed by atoms with E-state index in [0.717, 1.165) is 11.5 Å². The Balaban J connectivity index is 1.89. The predicted molar refractivity (Wildman–Crippen MR) is 116 cm³/mol. The summed E-state index contributed by atoms with van der Waals surface area (Å²) >= 11 is 6.26. The molecule has 0 aliphatic carbocycles. The van der Waals surface area contributed by atoms with Gasteiger partial charge in [0.2, 0.25) is 0 Å². The van der Waals surface area contributed by atoms with Crippen molar-refractivity contribution in [1.29, 1.82) is 0 Å². The monoisotopic (exact) mass is 431 g/mol. The molecule has 10 heteroatoms. The van der Waals surface area contributed by atoms with Gasteiger partial charge in [-0.1, -0.05) is 17.7 Å². The highest BCUT2D eigenvalue weighted by Crippen LogP contribution is 2.31. The van der Waals surface area contributed by atoms with Crippen molar-refractivity contribution in [2.24, 2.45) is 7.05 Å². The van der Waals surface area contributed by atoms with Crippen LogP contribution in [0.15, 0.2) is 36.5 Å².